The molecule has 0 bridgehead atoms. The second kappa shape index (κ2) is 4.63. The minimum absolute atomic E-state index is 0.187. The Balaban J connectivity index is 1.85. The van der Waals surface area contributed by atoms with Gasteiger partial charge in [0.15, 0.2) is 0 Å². The average molecular weight is 270 g/mol. The van der Waals surface area contributed by atoms with Gasteiger partial charge in [0.25, 0.3) is 5.91 Å². The molecule has 0 unspecified atom stereocenters. The number of hydrogen-bond donors (Lipinski definition) is 2. The van der Waals surface area contributed by atoms with Crippen LogP contribution in [0.5, 0.6) is 0 Å². The lowest BCUT2D eigenvalue weighted by atomic mass is 10.0. The van der Waals surface area contributed by atoms with Crippen LogP contribution >= 0.6 is 0 Å². The van der Waals surface area contributed by atoms with E-state index in [1.54, 1.807) is 0 Å². The zero-order valence-corrected chi connectivity index (χ0v) is 10.9. The van der Waals surface area contributed by atoms with Crippen LogP contribution in [0.15, 0.2) is 48.5 Å². The van der Waals surface area contributed by atoms with Crippen molar-refractivity contribution in [3.8, 4) is 0 Å². The van der Waals surface area contributed by atoms with Gasteiger partial charge in [0.2, 0.25) is 0 Å². The summed E-state index contributed by atoms with van der Waals surface area (Å²) in [5.41, 5.74) is 6.96. The first kappa shape index (κ1) is 12.7. The maximum atomic E-state index is 13.2. The van der Waals surface area contributed by atoms with Crippen LogP contribution in [0.4, 0.5) is 10.1 Å². The van der Waals surface area contributed by atoms with Crippen LogP contribution in [-0.2, 0) is 5.54 Å². The summed E-state index contributed by atoms with van der Waals surface area (Å²) < 4.78 is 13.2. The quantitative estimate of drug-likeness (QED) is 0.843. The number of rotatable bonds is 3. The van der Waals surface area contributed by atoms with Crippen LogP contribution < -0.4 is 11.1 Å². The lowest BCUT2D eigenvalue weighted by molar-refractivity contribution is 0.0931. The topological polar surface area (TPSA) is 55.1 Å². The van der Waals surface area contributed by atoms with Crippen molar-refractivity contribution in [2.24, 2.45) is 0 Å². The molecule has 0 aliphatic heterocycles. The second-order valence-corrected chi connectivity index (χ2v) is 5.13. The normalized spacial score (nSPS) is 15.7. The van der Waals surface area contributed by atoms with Gasteiger partial charge in [-0.2, -0.15) is 0 Å². The van der Waals surface area contributed by atoms with Gasteiger partial charge in [-0.15, -0.1) is 0 Å². The van der Waals surface area contributed by atoms with E-state index in [-0.39, 0.29) is 22.7 Å². The molecule has 1 fully saturated rings. The number of nitrogens with two attached hydrogens (primary N) is 1. The molecule has 4 heteroatoms. The van der Waals surface area contributed by atoms with Crippen molar-refractivity contribution in [3.63, 3.8) is 0 Å². The molecule has 0 radical (unpaired) electrons. The molecule has 0 aromatic heterocycles. The lowest BCUT2D eigenvalue weighted by Gasteiger charge is -2.18. The summed E-state index contributed by atoms with van der Waals surface area (Å²) in [6.07, 6.45) is 1.77. The number of hydrogen-bond acceptors (Lipinski definition) is 2. The van der Waals surface area contributed by atoms with Gasteiger partial charge in [-0.1, -0.05) is 30.3 Å². The molecular weight excluding hydrogens is 255 g/mol. The maximum absolute atomic E-state index is 13.2. The van der Waals surface area contributed by atoms with Gasteiger partial charge in [0, 0.05) is 5.69 Å². The van der Waals surface area contributed by atoms with Crippen molar-refractivity contribution >= 4 is 11.6 Å². The Morgan fingerprint density at radius 2 is 1.85 bits per heavy atom. The number of halogens is 1. The highest BCUT2D eigenvalue weighted by Gasteiger charge is 2.45. The van der Waals surface area contributed by atoms with Gasteiger partial charge in [-0.3, -0.25) is 4.79 Å². The first-order valence-corrected chi connectivity index (χ1v) is 6.54. The largest absolute Gasteiger partial charge is 0.398 e. The van der Waals surface area contributed by atoms with E-state index in [9.17, 15) is 9.18 Å². The number of carbonyl (C=O) groups excluding carboxylic acids is 1. The monoisotopic (exact) mass is 270 g/mol. The Bertz CT molecular complexity index is 651. The minimum atomic E-state index is -0.464. The van der Waals surface area contributed by atoms with E-state index >= 15 is 0 Å². The van der Waals surface area contributed by atoms with E-state index in [1.807, 2.05) is 30.3 Å². The van der Waals surface area contributed by atoms with E-state index < -0.39 is 5.82 Å². The number of carbonyl (C=O) groups is 1. The number of amides is 1. The highest BCUT2D eigenvalue weighted by molar-refractivity contribution is 5.99. The molecule has 1 aliphatic carbocycles. The number of anilines is 1. The lowest BCUT2D eigenvalue weighted by Crippen LogP contribution is -2.35. The van der Waals surface area contributed by atoms with Gasteiger partial charge >= 0.3 is 0 Å². The summed E-state index contributed by atoms with van der Waals surface area (Å²) in [7, 11) is 0. The molecule has 0 spiro atoms. The summed E-state index contributed by atoms with van der Waals surface area (Å²) >= 11 is 0. The van der Waals surface area contributed by atoms with Crippen LogP contribution in [0.3, 0.4) is 0 Å². The molecule has 2 aromatic carbocycles. The number of benzene rings is 2. The fraction of sp³-hybridized carbons (Fsp3) is 0.188. The molecule has 20 heavy (non-hydrogen) atoms. The van der Waals surface area contributed by atoms with Gasteiger partial charge < -0.3 is 11.1 Å². The molecule has 0 heterocycles. The first-order valence-electron chi connectivity index (χ1n) is 6.54. The number of nitrogen functional groups attached to an aromatic ring is 1. The van der Waals surface area contributed by atoms with Crippen molar-refractivity contribution in [2.75, 3.05) is 5.73 Å². The van der Waals surface area contributed by atoms with Gasteiger partial charge in [-0.05, 0) is 36.6 Å². The summed E-state index contributed by atoms with van der Waals surface area (Å²) in [5, 5.41) is 2.98. The van der Waals surface area contributed by atoms with Crippen LogP contribution in [0.25, 0.3) is 0 Å². The van der Waals surface area contributed by atoms with E-state index in [0.29, 0.717) is 0 Å². The van der Waals surface area contributed by atoms with Gasteiger partial charge in [0.1, 0.15) is 5.82 Å². The second-order valence-electron chi connectivity index (χ2n) is 5.13. The van der Waals surface area contributed by atoms with E-state index in [1.165, 1.54) is 18.2 Å². The predicted molar refractivity (Wildman–Crippen MR) is 75.6 cm³/mol. The van der Waals surface area contributed by atoms with Crippen LogP contribution in [0.1, 0.15) is 28.8 Å². The zero-order chi connectivity index (χ0) is 14.2. The fourth-order valence-corrected chi connectivity index (χ4v) is 2.38. The van der Waals surface area contributed by atoms with Gasteiger partial charge in [0.05, 0.1) is 11.1 Å². The van der Waals surface area contributed by atoms with E-state index in [2.05, 4.69) is 5.32 Å². The van der Waals surface area contributed by atoms with Crippen molar-refractivity contribution in [1.29, 1.82) is 0 Å². The third-order valence-electron chi connectivity index (χ3n) is 3.69. The average Bonchev–Trinajstić information content (AvgIpc) is 3.23. The Morgan fingerprint density at radius 1 is 1.15 bits per heavy atom. The van der Waals surface area contributed by atoms with Crippen molar-refractivity contribution in [1.82, 2.24) is 5.32 Å². The molecule has 1 saturated carbocycles. The SMILES string of the molecule is Nc1ccc(F)cc1C(=O)NC1(c2ccccc2)CC1. The fourth-order valence-electron chi connectivity index (χ4n) is 2.38. The molecule has 3 nitrogen and oxygen atoms in total. The maximum Gasteiger partial charge on any atom is 0.254 e. The third-order valence-corrected chi connectivity index (χ3v) is 3.69. The Kier molecular flexibility index (Phi) is 2.93. The standard InChI is InChI=1S/C16H15FN2O/c17-12-6-7-14(18)13(10-12)15(20)19-16(8-9-16)11-4-2-1-3-5-11/h1-7,10H,8-9,18H2,(H,19,20). The molecule has 2 aromatic rings. The molecule has 0 saturated heterocycles. The summed E-state index contributed by atoms with van der Waals surface area (Å²) in [6.45, 7) is 0. The van der Waals surface area contributed by atoms with Crippen LogP contribution in [0.2, 0.25) is 0 Å². The number of nitrogens with one attached hydrogen (secondary N) is 1. The summed E-state index contributed by atoms with van der Waals surface area (Å²) in [5.74, 6) is -0.794. The van der Waals surface area contributed by atoms with Crippen molar-refractivity contribution < 1.29 is 9.18 Å². The molecule has 3 N–H and O–H groups in total. The van der Waals surface area contributed by atoms with E-state index in [4.69, 9.17) is 5.73 Å². The Labute approximate surface area is 116 Å². The van der Waals surface area contributed by atoms with Crippen molar-refractivity contribution in [3.05, 3.63) is 65.5 Å². The molecule has 1 amide bonds. The minimum Gasteiger partial charge on any atom is -0.398 e. The Hall–Kier alpha value is -2.36. The predicted octanol–water partition coefficient (Wildman–Crippen LogP) is 2.83. The van der Waals surface area contributed by atoms with Crippen LogP contribution in [-0.4, -0.2) is 5.91 Å². The van der Waals surface area contributed by atoms with E-state index in [0.717, 1.165) is 18.4 Å². The zero-order valence-electron chi connectivity index (χ0n) is 10.9. The summed E-state index contributed by atoms with van der Waals surface area (Å²) in [4.78, 5) is 12.3. The third kappa shape index (κ3) is 2.25. The van der Waals surface area contributed by atoms with Crippen molar-refractivity contribution in [2.45, 2.75) is 18.4 Å². The summed E-state index contributed by atoms with van der Waals surface area (Å²) in [6, 6.07) is 13.6. The first-order chi connectivity index (χ1) is 9.61. The van der Waals surface area contributed by atoms with Gasteiger partial charge in [-0.25, -0.2) is 4.39 Å². The highest BCUT2D eigenvalue weighted by Crippen LogP contribution is 2.45. The molecule has 1 aliphatic rings. The molecule has 3 rings (SSSR count). The molecule has 0 atom stereocenters. The van der Waals surface area contributed by atoms with Crippen LogP contribution in [0, 0.1) is 5.82 Å². The Morgan fingerprint density at radius 3 is 2.50 bits per heavy atom. The molecule has 102 valence electrons. The highest BCUT2D eigenvalue weighted by atomic mass is 19.1. The molecular formula is C16H15FN2O. The smallest absolute Gasteiger partial charge is 0.254 e.